The number of rotatable bonds is 8. The first-order valence-corrected chi connectivity index (χ1v) is 12.6. The summed E-state index contributed by atoms with van der Waals surface area (Å²) < 4.78 is 28.8. The van der Waals surface area contributed by atoms with Crippen molar-refractivity contribution in [2.24, 2.45) is 0 Å². The highest BCUT2D eigenvalue weighted by atomic mass is 79.9. The number of amides is 1. The van der Waals surface area contributed by atoms with Crippen molar-refractivity contribution in [3.05, 3.63) is 99.0 Å². The summed E-state index contributed by atoms with van der Waals surface area (Å²) in [6, 6.07) is 20.8. The van der Waals surface area contributed by atoms with E-state index in [0.29, 0.717) is 5.02 Å². The molecule has 1 unspecified atom stereocenters. The fourth-order valence-corrected chi connectivity index (χ4v) is 4.94. The fourth-order valence-electron chi connectivity index (χ4n) is 3.16. The van der Waals surface area contributed by atoms with E-state index in [1.807, 2.05) is 38.1 Å². The van der Waals surface area contributed by atoms with Crippen LogP contribution in [0.3, 0.4) is 0 Å². The van der Waals surface area contributed by atoms with Crippen LogP contribution in [0.2, 0.25) is 5.02 Å². The zero-order valence-electron chi connectivity index (χ0n) is 17.8. The first kappa shape index (κ1) is 24.5. The summed E-state index contributed by atoms with van der Waals surface area (Å²) in [5, 5.41) is 3.45. The SMILES string of the molecule is Cc1ccc(S(=O)(=O)N(CC(=O)NC(C)c2ccc(Br)cc2)Cc2ccc(Cl)cc2)cc1. The first-order chi connectivity index (χ1) is 15.1. The predicted molar refractivity (Wildman–Crippen MR) is 131 cm³/mol. The summed E-state index contributed by atoms with van der Waals surface area (Å²) in [4.78, 5) is 13.0. The Morgan fingerprint density at radius 3 is 2.19 bits per heavy atom. The van der Waals surface area contributed by atoms with E-state index in [4.69, 9.17) is 11.6 Å². The molecule has 3 aromatic rings. The van der Waals surface area contributed by atoms with Crippen molar-refractivity contribution >= 4 is 43.5 Å². The summed E-state index contributed by atoms with van der Waals surface area (Å²) in [5.41, 5.74) is 2.61. The summed E-state index contributed by atoms with van der Waals surface area (Å²) in [7, 11) is -3.89. The highest BCUT2D eigenvalue weighted by Gasteiger charge is 2.27. The molecule has 0 aliphatic heterocycles. The molecule has 0 radical (unpaired) electrons. The maximum Gasteiger partial charge on any atom is 0.243 e. The van der Waals surface area contributed by atoms with Gasteiger partial charge in [-0.1, -0.05) is 69.5 Å². The van der Waals surface area contributed by atoms with Gasteiger partial charge in [-0.05, 0) is 61.4 Å². The Hall–Kier alpha value is -2.19. The van der Waals surface area contributed by atoms with Crippen LogP contribution in [-0.2, 0) is 21.4 Å². The Kier molecular flexibility index (Phi) is 8.11. The summed E-state index contributed by atoms with van der Waals surface area (Å²) in [6.45, 7) is 3.49. The largest absolute Gasteiger partial charge is 0.348 e. The minimum Gasteiger partial charge on any atom is -0.348 e. The highest BCUT2D eigenvalue weighted by Crippen LogP contribution is 2.21. The van der Waals surface area contributed by atoms with Crippen molar-refractivity contribution in [2.75, 3.05) is 6.54 Å². The third kappa shape index (κ3) is 6.42. The molecule has 3 rings (SSSR count). The van der Waals surface area contributed by atoms with Gasteiger partial charge in [0.05, 0.1) is 17.5 Å². The number of aryl methyl sites for hydroxylation is 1. The molecule has 0 aliphatic rings. The minimum atomic E-state index is -3.89. The maximum absolute atomic E-state index is 13.4. The molecule has 0 heterocycles. The number of sulfonamides is 1. The normalized spacial score (nSPS) is 12.5. The number of hydrogen-bond donors (Lipinski definition) is 1. The van der Waals surface area contributed by atoms with Gasteiger partial charge in [0.2, 0.25) is 15.9 Å². The Labute approximate surface area is 202 Å². The number of hydrogen-bond acceptors (Lipinski definition) is 3. The molecule has 5 nitrogen and oxygen atoms in total. The van der Waals surface area contributed by atoms with Gasteiger partial charge in [0, 0.05) is 16.0 Å². The van der Waals surface area contributed by atoms with Crippen LogP contribution in [0.15, 0.2) is 82.2 Å². The van der Waals surface area contributed by atoms with Crippen molar-refractivity contribution in [3.63, 3.8) is 0 Å². The number of benzene rings is 3. The van der Waals surface area contributed by atoms with Crippen LogP contribution in [0.4, 0.5) is 0 Å². The second kappa shape index (κ2) is 10.6. The Morgan fingerprint density at radius 1 is 1.00 bits per heavy atom. The van der Waals surface area contributed by atoms with Gasteiger partial charge in [-0.15, -0.1) is 0 Å². The zero-order chi connectivity index (χ0) is 23.3. The Balaban J connectivity index is 1.82. The zero-order valence-corrected chi connectivity index (χ0v) is 20.9. The molecule has 1 amide bonds. The lowest BCUT2D eigenvalue weighted by Crippen LogP contribution is -2.41. The highest BCUT2D eigenvalue weighted by molar-refractivity contribution is 9.10. The van der Waals surface area contributed by atoms with E-state index in [9.17, 15) is 13.2 Å². The average molecular weight is 536 g/mol. The third-order valence-electron chi connectivity index (χ3n) is 5.00. The van der Waals surface area contributed by atoms with E-state index in [1.165, 1.54) is 4.31 Å². The topological polar surface area (TPSA) is 66.5 Å². The number of nitrogens with one attached hydrogen (secondary N) is 1. The van der Waals surface area contributed by atoms with Crippen molar-refractivity contribution in [1.29, 1.82) is 0 Å². The van der Waals surface area contributed by atoms with E-state index in [0.717, 1.165) is 21.2 Å². The molecule has 8 heteroatoms. The van der Waals surface area contributed by atoms with E-state index in [2.05, 4.69) is 21.2 Å². The van der Waals surface area contributed by atoms with Crippen molar-refractivity contribution in [3.8, 4) is 0 Å². The second-order valence-electron chi connectivity index (χ2n) is 7.55. The first-order valence-electron chi connectivity index (χ1n) is 10.0. The number of nitrogens with zero attached hydrogens (tertiary/aromatic N) is 1. The molecule has 0 fully saturated rings. The molecule has 0 aromatic heterocycles. The molecule has 3 aromatic carbocycles. The lowest BCUT2D eigenvalue weighted by atomic mass is 10.1. The van der Waals surface area contributed by atoms with Crippen LogP contribution in [0.25, 0.3) is 0 Å². The molecule has 1 N–H and O–H groups in total. The number of halogens is 2. The molecular weight excluding hydrogens is 512 g/mol. The lowest BCUT2D eigenvalue weighted by molar-refractivity contribution is -0.122. The van der Waals surface area contributed by atoms with Gasteiger partial charge in [-0.25, -0.2) is 8.42 Å². The molecule has 0 spiro atoms. The van der Waals surface area contributed by atoms with E-state index >= 15 is 0 Å². The van der Waals surface area contributed by atoms with Gasteiger partial charge < -0.3 is 5.32 Å². The smallest absolute Gasteiger partial charge is 0.243 e. The summed E-state index contributed by atoms with van der Waals surface area (Å²) in [5.74, 6) is -0.384. The number of carbonyl (C=O) groups excluding carboxylic acids is 1. The molecule has 0 aliphatic carbocycles. The van der Waals surface area contributed by atoms with E-state index < -0.39 is 10.0 Å². The Bertz CT molecular complexity index is 1170. The van der Waals surface area contributed by atoms with Gasteiger partial charge in [0.25, 0.3) is 0 Å². The van der Waals surface area contributed by atoms with E-state index in [-0.39, 0.29) is 29.9 Å². The minimum absolute atomic E-state index is 0.0491. The third-order valence-corrected chi connectivity index (χ3v) is 7.58. The van der Waals surface area contributed by atoms with E-state index in [1.54, 1.807) is 48.5 Å². The quantitative estimate of drug-likeness (QED) is 0.415. The van der Waals surface area contributed by atoms with Gasteiger partial charge in [-0.2, -0.15) is 4.31 Å². The second-order valence-corrected chi connectivity index (χ2v) is 10.8. The summed E-state index contributed by atoms with van der Waals surface area (Å²) >= 11 is 9.35. The van der Waals surface area contributed by atoms with Crippen LogP contribution >= 0.6 is 27.5 Å². The molecule has 168 valence electrons. The van der Waals surface area contributed by atoms with Crippen LogP contribution in [0, 0.1) is 6.92 Å². The maximum atomic E-state index is 13.4. The summed E-state index contributed by atoms with van der Waals surface area (Å²) in [6.07, 6.45) is 0. The molecule has 0 saturated heterocycles. The standard InChI is InChI=1S/C24H24BrClN2O3S/c1-17-3-13-23(14-4-17)32(30,31)28(15-19-5-11-22(26)12-6-19)16-24(29)27-18(2)20-7-9-21(25)10-8-20/h3-14,18H,15-16H2,1-2H3,(H,27,29). The van der Waals surface area contributed by atoms with Crippen molar-refractivity contribution < 1.29 is 13.2 Å². The van der Waals surface area contributed by atoms with Crippen LogP contribution in [0.5, 0.6) is 0 Å². The fraction of sp³-hybridized carbons (Fsp3) is 0.208. The predicted octanol–water partition coefficient (Wildman–Crippen LogP) is 5.48. The molecule has 1 atom stereocenters. The number of carbonyl (C=O) groups is 1. The molecule has 0 saturated carbocycles. The van der Waals surface area contributed by atoms with Gasteiger partial charge in [0.15, 0.2) is 0 Å². The van der Waals surface area contributed by atoms with Gasteiger partial charge in [0.1, 0.15) is 0 Å². The van der Waals surface area contributed by atoms with Crippen LogP contribution in [0.1, 0.15) is 29.7 Å². The van der Waals surface area contributed by atoms with Crippen LogP contribution < -0.4 is 5.32 Å². The molecular formula is C24H24BrClN2O3S. The van der Waals surface area contributed by atoms with Crippen LogP contribution in [-0.4, -0.2) is 25.2 Å². The Morgan fingerprint density at radius 2 is 1.59 bits per heavy atom. The van der Waals surface area contributed by atoms with Crippen molar-refractivity contribution in [1.82, 2.24) is 9.62 Å². The molecule has 0 bridgehead atoms. The lowest BCUT2D eigenvalue weighted by Gasteiger charge is -2.23. The average Bonchev–Trinajstić information content (AvgIpc) is 2.75. The molecule has 32 heavy (non-hydrogen) atoms. The van der Waals surface area contributed by atoms with Crippen molar-refractivity contribution in [2.45, 2.75) is 31.3 Å². The van der Waals surface area contributed by atoms with Gasteiger partial charge in [-0.3, -0.25) is 4.79 Å². The monoisotopic (exact) mass is 534 g/mol. The van der Waals surface area contributed by atoms with Gasteiger partial charge >= 0.3 is 0 Å².